The second kappa shape index (κ2) is 7.56. The molecule has 1 N–H and O–H groups in total. The molecular formula is C21H17FN2O4S. The Labute approximate surface area is 166 Å². The van der Waals surface area contributed by atoms with Crippen molar-refractivity contribution in [3.05, 3.63) is 84.1 Å². The number of nitrogens with one attached hydrogen (secondary N) is 1. The zero-order chi connectivity index (χ0) is 20.4. The number of sulfone groups is 1. The molecule has 0 saturated carbocycles. The van der Waals surface area contributed by atoms with Gasteiger partial charge in [0.25, 0.3) is 0 Å². The van der Waals surface area contributed by atoms with E-state index in [1.54, 1.807) is 24.3 Å². The van der Waals surface area contributed by atoms with Crippen molar-refractivity contribution < 1.29 is 21.6 Å². The Hall–Kier alpha value is -3.39. The third-order valence-corrected chi connectivity index (χ3v) is 5.95. The van der Waals surface area contributed by atoms with Crippen LogP contribution in [0.15, 0.2) is 85.7 Å². The van der Waals surface area contributed by atoms with Crippen LogP contribution in [-0.2, 0) is 16.4 Å². The number of anilines is 1. The fraction of sp³-hybridized carbons (Fsp3) is 0.0952. The summed E-state index contributed by atoms with van der Waals surface area (Å²) < 4.78 is 50.5. The number of nitrogens with zero attached hydrogens (tertiary/aromatic N) is 1. The number of hydrogen-bond acceptors (Lipinski definition) is 6. The molecule has 4 rings (SSSR count). The van der Waals surface area contributed by atoms with E-state index in [9.17, 15) is 12.8 Å². The molecule has 0 saturated heterocycles. The van der Waals surface area contributed by atoms with Gasteiger partial charge in [-0.05, 0) is 55.5 Å². The lowest BCUT2D eigenvalue weighted by Gasteiger charge is -2.05. The summed E-state index contributed by atoms with van der Waals surface area (Å²) in [7, 11) is -4.04. The third-order valence-electron chi connectivity index (χ3n) is 4.28. The van der Waals surface area contributed by atoms with Crippen LogP contribution in [0.1, 0.15) is 11.3 Å². The molecule has 0 aliphatic carbocycles. The number of benzene rings is 2. The van der Waals surface area contributed by atoms with Crippen molar-refractivity contribution in [2.45, 2.75) is 23.4 Å². The second-order valence-corrected chi connectivity index (χ2v) is 8.27. The minimum atomic E-state index is -4.04. The normalized spacial score (nSPS) is 11.5. The molecule has 0 unspecified atom stereocenters. The molecule has 0 atom stereocenters. The molecule has 29 heavy (non-hydrogen) atoms. The molecule has 4 aromatic rings. The van der Waals surface area contributed by atoms with Gasteiger partial charge in [-0.2, -0.15) is 4.98 Å². The quantitative estimate of drug-likeness (QED) is 0.457. The summed E-state index contributed by atoms with van der Waals surface area (Å²) in [5.74, 6) is 0.220. The topological polar surface area (TPSA) is 85.3 Å². The Morgan fingerprint density at radius 2 is 1.76 bits per heavy atom. The predicted octanol–water partition coefficient (Wildman–Crippen LogP) is 4.83. The molecule has 8 heteroatoms. The molecule has 148 valence electrons. The van der Waals surface area contributed by atoms with Gasteiger partial charge in [0.2, 0.25) is 26.6 Å². The van der Waals surface area contributed by atoms with Crippen molar-refractivity contribution in [3.63, 3.8) is 0 Å². The lowest BCUT2D eigenvalue weighted by atomic mass is 10.1. The number of hydrogen-bond donors (Lipinski definition) is 1. The fourth-order valence-electron chi connectivity index (χ4n) is 2.73. The first-order valence-electron chi connectivity index (χ1n) is 8.78. The molecule has 2 heterocycles. The van der Waals surface area contributed by atoms with E-state index < -0.39 is 15.7 Å². The molecule has 6 nitrogen and oxygen atoms in total. The molecule has 0 aliphatic heterocycles. The lowest BCUT2D eigenvalue weighted by Crippen LogP contribution is -2.07. The molecule has 0 bridgehead atoms. The third kappa shape index (κ3) is 3.93. The van der Waals surface area contributed by atoms with Gasteiger partial charge >= 0.3 is 0 Å². The van der Waals surface area contributed by atoms with Crippen molar-refractivity contribution in [2.75, 3.05) is 5.32 Å². The predicted molar refractivity (Wildman–Crippen MR) is 105 cm³/mol. The van der Waals surface area contributed by atoms with Crippen molar-refractivity contribution in [2.24, 2.45) is 0 Å². The van der Waals surface area contributed by atoms with E-state index in [1.807, 2.05) is 19.1 Å². The highest BCUT2D eigenvalue weighted by Gasteiger charge is 2.28. The summed E-state index contributed by atoms with van der Waals surface area (Å²) in [6.45, 7) is 2.15. The maximum absolute atomic E-state index is 13.2. The highest BCUT2D eigenvalue weighted by atomic mass is 32.2. The van der Waals surface area contributed by atoms with Gasteiger partial charge in [-0.3, -0.25) is 0 Å². The number of aromatic nitrogens is 1. The van der Waals surface area contributed by atoms with Crippen LogP contribution in [0.4, 0.5) is 10.3 Å². The van der Waals surface area contributed by atoms with E-state index in [1.165, 1.54) is 18.4 Å². The van der Waals surface area contributed by atoms with Crippen molar-refractivity contribution in [3.8, 4) is 11.5 Å². The number of halogens is 1. The molecule has 2 aromatic heterocycles. The van der Waals surface area contributed by atoms with Gasteiger partial charge in [-0.25, -0.2) is 12.8 Å². The first-order valence-corrected chi connectivity index (χ1v) is 10.3. The summed E-state index contributed by atoms with van der Waals surface area (Å²) in [4.78, 5) is 4.16. The van der Waals surface area contributed by atoms with Crippen LogP contribution in [-0.4, -0.2) is 13.4 Å². The van der Waals surface area contributed by atoms with Gasteiger partial charge in [-0.15, -0.1) is 0 Å². The fourth-order valence-corrected chi connectivity index (χ4v) is 4.00. The monoisotopic (exact) mass is 412 g/mol. The summed E-state index contributed by atoms with van der Waals surface area (Å²) in [6, 6.07) is 15.4. The average Bonchev–Trinajstić information content (AvgIpc) is 3.37. The second-order valence-electron chi connectivity index (χ2n) is 6.41. The standard InChI is InChI=1S/C21H17FN2O4S/c1-14-4-6-15(7-5-14)19-24-21(20(28-19)23-13-17-3-2-12-27-17)29(25,26)18-10-8-16(22)9-11-18/h2-12,23H,13H2,1H3. The van der Waals surface area contributed by atoms with E-state index >= 15 is 0 Å². The molecule has 2 aromatic carbocycles. The van der Waals surface area contributed by atoms with Crippen molar-refractivity contribution in [1.82, 2.24) is 4.98 Å². The van der Waals surface area contributed by atoms with Crippen LogP contribution < -0.4 is 5.32 Å². The smallest absolute Gasteiger partial charge is 0.234 e. The van der Waals surface area contributed by atoms with Crippen molar-refractivity contribution in [1.29, 1.82) is 0 Å². The SMILES string of the molecule is Cc1ccc(-c2nc(S(=O)(=O)c3ccc(F)cc3)c(NCc3ccco3)o2)cc1. The Morgan fingerprint density at radius 1 is 1.03 bits per heavy atom. The molecule has 0 aliphatic rings. The van der Waals surface area contributed by atoms with Gasteiger partial charge in [-0.1, -0.05) is 17.7 Å². The zero-order valence-electron chi connectivity index (χ0n) is 15.4. The van der Waals surface area contributed by atoms with E-state index in [-0.39, 0.29) is 28.2 Å². The first-order chi connectivity index (χ1) is 13.9. The lowest BCUT2D eigenvalue weighted by molar-refractivity contribution is 0.511. The van der Waals surface area contributed by atoms with E-state index in [2.05, 4.69) is 10.3 Å². The van der Waals surface area contributed by atoms with Crippen molar-refractivity contribution >= 4 is 15.7 Å². The summed E-state index contributed by atoms with van der Waals surface area (Å²) in [5.41, 5.74) is 1.69. The Kier molecular flexibility index (Phi) is 4.94. The Morgan fingerprint density at radius 3 is 2.41 bits per heavy atom. The number of furan rings is 1. The number of oxazole rings is 1. The first kappa shape index (κ1) is 18.9. The average molecular weight is 412 g/mol. The van der Waals surface area contributed by atoms with Crippen LogP contribution >= 0.6 is 0 Å². The van der Waals surface area contributed by atoms with Gasteiger partial charge in [0, 0.05) is 5.56 Å². The van der Waals surface area contributed by atoms with Crippen LogP contribution in [0.5, 0.6) is 0 Å². The van der Waals surface area contributed by atoms with Crippen LogP contribution in [0.3, 0.4) is 0 Å². The Balaban J connectivity index is 1.77. The summed E-state index contributed by atoms with van der Waals surface area (Å²) in [6.07, 6.45) is 1.52. The van der Waals surface area contributed by atoms with E-state index in [0.717, 1.165) is 17.7 Å². The summed E-state index contributed by atoms with van der Waals surface area (Å²) >= 11 is 0. The van der Waals surface area contributed by atoms with E-state index in [4.69, 9.17) is 8.83 Å². The largest absolute Gasteiger partial charge is 0.467 e. The summed E-state index contributed by atoms with van der Waals surface area (Å²) in [5, 5.41) is 2.66. The maximum atomic E-state index is 13.2. The van der Waals surface area contributed by atoms with Crippen LogP contribution in [0.25, 0.3) is 11.5 Å². The highest BCUT2D eigenvalue weighted by molar-refractivity contribution is 7.91. The van der Waals surface area contributed by atoms with Crippen LogP contribution in [0, 0.1) is 12.7 Å². The maximum Gasteiger partial charge on any atom is 0.234 e. The van der Waals surface area contributed by atoms with Gasteiger partial charge in [0.1, 0.15) is 11.6 Å². The van der Waals surface area contributed by atoms with Gasteiger partial charge < -0.3 is 14.2 Å². The molecule has 0 amide bonds. The molecule has 0 radical (unpaired) electrons. The number of aryl methyl sites for hydroxylation is 1. The van der Waals surface area contributed by atoms with E-state index in [0.29, 0.717) is 11.3 Å². The number of rotatable bonds is 6. The molecular weight excluding hydrogens is 395 g/mol. The molecule has 0 fully saturated rings. The van der Waals surface area contributed by atoms with Crippen LogP contribution in [0.2, 0.25) is 0 Å². The zero-order valence-corrected chi connectivity index (χ0v) is 16.2. The minimum Gasteiger partial charge on any atom is -0.467 e. The van der Waals surface area contributed by atoms with Gasteiger partial charge in [0.05, 0.1) is 17.7 Å². The minimum absolute atomic E-state index is 0.0127. The Bertz CT molecular complexity index is 1210. The van der Waals surface area contributed by atoms with Gasteiger partial charge in [0.15, 0.2) is 0 Å². The highest BCUT2D eigenvalue weighted by Crippen LogP contribution is 2.32. The molecule has 0 spiro atoms.